The number of benzene rings is 1. The Kier molecular flexibility index (Phi) is 2.78. The normalized spacial score (nSPS) is 19.3. The number of anilines is 1. The first-order valence-corrected chi connectivity index (χ1v) is 6.34. The van der Waals surface area contributed by atoms with Gasteiger partial charge in [0.15, 0.2) is 0 Å². The van der Waals surface area contributed by atoms with Crippen LogP contribution in [-0.2, 0) is 30.9 Å². The number of carbonyl (C=O) groups is 2. The van der Waals surface area contributed by atoms with Crippen LogP contribution in [-0.4, -0.2) is 31.7 Å². The lowest BCUT2D eigenvalue weighted by Crippen LogP contribution is -2.53. The minimum Gasteiger partial charge on any atom is -0.465 e. The highest BCUT2D eigenvalue weighted by Gasteiger charge is 2.49. The van der Waals surface area contributed by atoms with E-state index in [-0.39, 0.29) is 11.9 Å². The van der Waals surface area contributed by atoms with E-state index < -0.39 is 5.41 Å². The second-order valence-electron chi connectivity index (χ2n) is 4.89. The van der Waals surface area contributed by atoms with E-state index >= 15 is 0 Å². The topological polar surface area (TPSA) is 64.6 Å². The van der Waals surface area contributed by atoms with Crippen molar-refractivity contribution in [2.45, 2.75) is 18.8 Å². The van der Waals surface area contributed by atoms with Crippen molar-refractivity contribution in [2.75, 3.05) is 25.1 Å². The van der Waals surface area contributed by atoms with Crippen molar-refractivity contribution in [3.63, 3.8) is 0 Å². The molecule has 2 heterocycles. The first kappa shape index (κ1) is 12.2. The molecule has 19 heavy (non-hydrogen) atoms. The zero-order valence-corrected chi connectivity index (χ0v) is 10.7. The molecule has 1 N–H and O–H groups in total. The van der Waals surface area contributed by atoms with E-state index in [2.05, 4.69) is 5.32 Å². The molecule has 5 nitrogen and oxygen atoms in total. The van der Waals surface area contributed by atoms with Crippen LogP contribution in [0.15, 0.2) is 18.2 Å². The van der Waals surface area contributed by atoms with Gasteiger partial charge in [0.2, 0.25) is 5.91 Å². The number of ether oxygens (including phenoxy) is 2. The molecule has 0 radical (unpaired) electrons. The monoisotopic (exact) mass is 261 g/mol. The van der Waals surface area contributed by atoms with Gasteiger partial charge in [-0.15, -0.1) is 0 Å². The summed E-state index contributed by atoms with van der Waals surface area (Å²) in [4.78, 5) is 23.5. The van der Waals surface area contributed by atoms with Gasteiger partial charge in [-0.05, 0) is 24.1 Å². The SMILES string of the molecule is CCOC(=O)C1(c2ccc3c(c2)CC(=O)N3)COC1. The first-order chi connectivity index (χ1) is 9.15. The van der Waals surface area contributed by atoms with Crippen molar-refractivity contribution in [1.82, 2.24) is 0 Å². The van der Waals surface area contributed by atoms with Crippen molar-refractivity contribution >= 4 is 17.6 Å². The summed E-state index contributed by atoms with van der Waals surface area (Å²) in [6.45, 7) is 2.82. The highest BCUT2D eigenvalue weighted by Crippen LogP contribution is 2.36. The second-order valence-corrected chi connectivity index (χ2v) is 4.89. The van der Waals surface area contributed by atoms with Crippen LogP contribution in [0, 0.1) is 0 Å². The molecule has 0 atom stereocenters. The van der Waals surface area contributed by atoms with Crippen molar-refractivity contribution < 1.29 is 19.1 Å². The number of rotatable bonds is 3. The number of hydrogen-bond acceptors (Lipinski definition) is 4. The fourth-order valence-electron chi connectivity index (χ4n) is 2.50. The maximum Gasteiger partial charge on any atom is 0.321 e. The molecule has 1 aromatic rings. The smallest absolute Gasteiger partial charge is 0.321 e. The lowest BCUT2D eigenvalue weighted by atomic mass is 9.78. The van der Waals surface area contributed by atoms with Crippen molar-refractivity contribution in [2.24, 2.45) is 0 Å². The fourth-order valence-corrected chi connectivity index (χ4v) is 2.50. The van der Waals surface area contributed by atoms with Crippen LogP contribution in [0.5, 0.6) is 0 Å². The Morgan fingerprint density at radius 1 is 1.47 bits per heavy atom. The van der Waals surface area contributed by atoms with Gasteiger partial charge in [0.25, 0.3) is 0 Å². The molecule has 1 fully saturated rings. The van der Waals surface area contributed by atoms with E-state index in [1.807, 2.05) is 18.2 Å². The third kappa shape index (κ3) is 1.81. The molecule has 0 saturated carbocycles. The zero-order valence-electron chi connectivity index (χ0n) is 10.7. The van der Waals surface area contributed by atoms with E-state index in [4.69, 9.17) is 9.47 Å². The van der Waals surface area contributed by atoms with Gasteiger partial charge in [0.05, 0.1) is 26.2 Å². The van der Waals surface area contributed by atoms with Crippen LogP contribution < -0.4 is 5.32 Å². The third-order valence-electron chi connectivity index (χ3n) is 3.65. The Morgan fingerprint density at radius 2 is 2.26 bits per heavy atom. The van der Waals surface area contributed by atoms with E-state index in [0.29, 0.717) is 26.2 Å². The van der Waals surface area contributed by atoms with E-state index in [1.54, 1.807) is 6.92 Å². The van der Waals surface area contributed by atoms with Crippen LogP contribution in [0.25, 0.3) is 0 Å². The number of carbonyl (C=O) groups excluding carboxylic acids is 2. The van der Waals surface area contributed by atoms with E-state index in [9.17, 15) is 9.59 Å². The van der Waals surface area contributed by atoms with Gasteiger partial charge in [-0.1, -0.05) is 12.1 Å². The number of nitrogens with one attached hydrogen (secondary N) is 1. The highest BCUT2D eigenvalue weighted by atomic mass is 16.6. The summed E-state index contributed by atoms with van der Waals surface area (Å²) in [6, 6.07) is 5.62. The Bertz CT molecular complexity index is 548. The number of hydrogen-bond donors (Lipinski definition) is 1. The quantitative estimate of drug-likeness (QED) is 0.825. The molecule has 1 saturated heterocycles. The molecule has 2 aliphatic rings. The third-order valence-corrected chi connectivity index (χ3v) is 3.65. The summed E-state index contributed by atoms with van der Waals surface area (Å²) >= 11 is 0. The van der Waals surface area contributed by atoms with Crippen LogP contribution in [0.4, 0.5) is 5.69 Å². The van der Waals surface area contributed by atoms with Gasteiger partial charge < -0.3 is 14.8 Å². The maximum atomic E-state index is 12.1. The Hall–Kier alpha value is -1.88. The minimum atomic E-state index is -0.698. The van der Waals surface area contributed by atoms with E-state index in [0.717, 1.165) is 16.8 Å². The molecule has 1 amide bonds. The summed E-state index contributed by atoms with van der Waals surface area (Å²) in [5.74, 6) is -0.263. The van der Waals surface area contributed by atoms with Gasteiger partial charge in [-0.25, -0.2) is 0 Å². The summed E-state index contributed by atoms with van der Waals surface area (Å²) in [5.41, 5.74) is 1.93. The number of fused-ring (bicyclic) bond motifs is 1. The Balaban J connectivity index is 1.95. The predicted octanol–water partition coefficient (Wildman–Crippen LogP) is 1.01. The van der Waals surface area contributed by atoms with Crippen LogP contribution >= 0.6 is 0 Å². The van der Waals surface area contributed by atoms with Gasteiger partial charge in [-0.3, -0.25) is 9.59 Å². The number of esters is 1. The summed E-state index contributed by atoms with van der Waals surface area (Å²) < 4.78 is 10.4. The van der Waals surface area contributed by atoms with Crippen molar-refractivity contribution in [3.8, 4) is 0 Å². The lowest BCUT2D eigenvalue weighted by Gasteiger charge is -2.39. The second kappa shape index (κ2) is 4.35. The molecule has 3 rings (SSSR count). The highest BCUT2D eigenvalue weighted by molar-refractivity contribution is 5.99. The standard InChI is InChI=1S/C14H15NO4/c1-2-19-13(17)14(7-18-8-14)10-3-4-11-9(5-10)6-12(16)15-11/h3-5H,2,6-8H2,1H3,(H,15,16). The van der Waals surface area contributed by atoms with Gasteiger partial charge in [0, 0.05) is 5.69 Å². The maximum absolute atomic E-state index is 12.1. The Labute approximate surface area is 110 Å². The molecular weight excluding hydrogens is 246 g/mol. The van der Waals surface area contributed by atoms with Crippen LogP contribution in [0.2, 0.25) is 0 Å². The van der Waals surface area contributed by atoms with Gasteiger partial charge in [-0.2, -0.15) is 0 Å². The van der Waals surface area contributed by atoms with Crippen molar-refractivity contribution in [1.29, 1.82) is 0 Å². The largest absolute Gasteiger partial charge is 0.465 e. The molecule has 5 heteroatoms. The van der Waals surface area contributed by atoms with Crippen LogP contribution in [0.1, 0.15) is 18.1 Å². The fraction of sp³-hybridized carbons (Fsp3) is 0.429. The van der Waals surface area contributed by atoms with Crippen molar-refractivity contribution in [3.05, 3.63) is 29.3 Å². The number of amides is 1. The summed E-state index contributed by atoms with van der Waals surface area (Å²) in [7, 11) is 0. The molecule has 0 bridgehead atoms. The van der Waals surface area contributed by atoms with Crippen LogP contribution in [0.3, 0.4) is 0 Å². The molecule has 0 aromatic heterocycles. The lowest BCUT2D eigenvalue weighted by molar-refractivity contribution is -0.169. The zero-order chi connectivity index (χ0) is 13.5. The predicted molar refractivity (Wildman–Crippen MR) is 67.9 cm³/mol. The summed E-state index contributed by atoms with van der Waals surface area (Å²) in [5, 5.41) is 2.78. The minimum absolute atomic E-state index is 0.0119. The first-order valence-electron chi connectivity index (χ1n) is 6.34. The Morgan fingerprint density at radius 3 is 2.89 bits per heavy atom. The molecule has 100 valence electrons. The summed E-state index contributed by atoms with van der Waals surface area (Å²) in [6.07, 6.45) is 0.364. The van der Waals surface area contributed by atoms with E-state index in [1.165, 1.54) is 0 Å². The van der Waals surface area contributed by atoms with Gasteiger partial charge >= 0.3 is 5.97 Å². The average Bonchev–Trinajstić information content (AvgIpc) is 2.67. The molecule has 1 aromatic carbocycles. The van der Waals surface area contributed by atoms with Gasteiger partial charge in [0.1, 0.15) is 5.41 Å². The molecule has 2 aliphatic heterocycles. The average molecular weight is 261 g/mol. The molecular formula is C14H15NO4. The molecule has 0 aliphatic carbocycles. The molecule has 0 unspecified atom stereocenters. The molecule has 0 spiro atoms.